The number of nitrogens with one attached hydrogen (secondary N) is 1. The summed E-state index contributed by atoms with van der Waals surface area (Å²) in [5.41, 5.74) is 3.02. The molecule has 108 valence electrons. The minimum absolute atomic E-state index is 0.0211. The molecular formula is C16H17FN4. The summed E-state index contributed by atoms with van der Waals surface area (Å²) in [6.07, 6.45) is 8.19. The summed E-state index contributed by atoms with van der Waals surface area (Å²) in [7, 11) is 0. The molecule has 1 unspecified atom stereocenters. The average Bonchev–Trinajstić information content (AvgIpc) is 2.93. The van der Waals surface area contributed by atoms with Gasteiger partial charge in [-0.15, -0.1) is 0 Å². The van der Waals surface area contributed by atoms with Crippen molar-refractivity contribution in [2.24, 2.45) is 0 Å². The molecule has 3 aromatic rings. The minimum atomic E-state index is -0.227. The van der Waals surface area contributed by atoms with Gasteiger partial charge in [0.1, 0.15) is 5.82 Å². The van der Waals surface area contributed by atoms with Crippen molar-refractivity contribution in [3.05, 3.63) is 66.0 Å². The van der Waals surface area contributed by atoms with Crippen LogP contribution in [0.4, 0.5) is 4.39 Å². The number of fused-ring (bicyclic) bond motifs is 1. The number of aromatic nitrogens is 3. The molecule has 0 amide bonds. The Bertz CT molecular complexity index is 720. The van der Waals surface area contributed by atoms with Crippen LogP contribution in [0, 0.1) is 5.82 Å². The van der Waals surface area contributed by atoms with Gasteiger partial charge in [-0.05, 0) is 30.7 Å². The lowest BCUT2D eigenvalue weighted by Gasteiger charge is -2.18. The second-order valence-electron chi connectivity index (χ2n) is 4.94. The first-order chi connectivity index (χ1) is 10.3. The first kappa shape index (κ1) is 13.7. The third-order valence-electron chi connectivity index (χ3n) is 3.47. The highest BCUT2D eigenvalue weighted by atomic mass is 19.1. The van der Waals surface area contributed by atoms with Gasteiger partial charge in [0.15, 0.2) is 0 Å². The van der Waals surface area contributed by atoms with Crippen LogP contribution in [0.25, 0.3) is 5.52 Å². The molecule has 0 saturated heterocycles. The molecule has 0 saturated carbocycles. The van der Waals surface area contributed by atoms with Gasteiger partial charge in [0, 0.05) is 18.0 Å². The lowest BCUT2D eigenvalue weighted by Crippen LogP contribution is -2.23. The number of halogens is 1. The molecule has 0 spiro atoms. The zero-order valence-electron chi connectivity index (χ0n) is 11.8. The quantitative estimate of drug-likeness (QED) is 0.783. The Kier molecular flexibility index (Phi) is 3.92. The van der Waals surface area contributed by atoms with E-state index in [4.69, 9.17) is 0 Å². The fraction of sp³-hybridized carbons (Fsp3) is 0.250. The molecule has 2 heterocycles. The molecule has 4 nitrogen and oxygen atoms in total. The van der Waals surface area contributed by atoms with E-state index in [-0.39, 0.29) is 11.9 Å². The van der Waals surface area contributed by atoms with Gasteiger partial charge in [-0.3, -0.25) is 4.98 Å². The van der Waals surface area contributed by atoms with E-state index in [9.17, 15) is 4.39 Å². The molecule has 0 bridgehead atoms. The molecule has 5 heteroatoms. The Morgan fingerprint density at radius 1 is 1.24 bits per heavy atom. The van der Waals surface area contributed by atoms with E-state index in [0.29, 0.717) is 0 Å². The van der Waals surface area contributed by atoms with Crippen molar-refractivity contribution in [2.75, 3.05) is 6.54 Å². The van der Waals surface area contributed by atoms with E-state index >= 15 is 0 Å². The van der Waals surface area contributed by atoms with Crippen molar-refractivity contribution in [1.29, 1.82) is 0 Å². The summed E-state index contributed by atoms with van der Waals surface area (Å²) < 4.78 is 14.9. The van der Waals surface area contributed by atoms with Crippen LogP contribution in [-0.2, 0) is 0 Å². The molecule has 3 rings (SSSR count). The van der Waals surface area contributed by atoms with Crippen LogP contribution in [0.15, 0.2) is 49.1 Å². The maximum absolute atomic E-state index is 13.2. The van der Waals surface area contributed by atoms with Crippen molar-refractivity contribution in [3.63, 3.8) is 0 Å². The van der Waals surface area contributed by atoms with Gasteiger partial charge in [0.25, 0.3) is 0 Å². The van der Waals surface area contributed by atoms with Gasteiger partial charge >= 0.3 is 0 Å². The SMILES string of the molecule is CCCNC(c1ccc(F)cc1)c1cnn2ccncc12. The topological polar surface area (TPSA) is 42.2 Å². The van der Waals surface area contributed by atoms with E-state index < -0.39 is 0 Å². The van der Waals surface area contributed by atoms with Gasteiger partial charge in [0.2, 0.25) is 0 Å². The summed E-state index contributed by atoms with van der Waals surface area (Å²) in [4.78, 5) is 4.17. The van der Waals surface area contributed by atoms with E-state index in [1.165, 1.54) is 12.1 Å². The van der Waals surface area contributed by atoms with E-state index in [1.54, 1.807) is 16.9 Å². The monoisotopic (exact) mass is 284 g/mol. The standard InChI is InChI=1S/C16H17FN4/c1-2-7-19-16(12-3-5-13(17)6-4-12)14-10-20-21-9-8-18-11-15(14)21/h3-6,8-11,16,19H,2,7H2,1H3. The van der Waals surface area contributed by atoms with Crippen molar-refractivity contribution in [3.8, 4) is 0 Å². The van der Waals surface area contributed by atoms with Crippen LogP contribution in [0.3, 0.4) is 0 Å². The predicted octanol–water partition coefficient (Wildman–Crippen LogP) is 2.96. The van der Waals surface area contributed by atoms with Crippen LogP contribution in [-0.4, -0.2) is 21.1 Å². The highest BCUT2D eigenvalue weighted by Crippen LogP contribution is 2.25. The Labute approximate surface area is 122 Å². The summed E-state index contributed by atoms with van der Waals surface area (Å²) in [5.74, 6) is -0.227. The van der Waals surface area contributed by atoms with Gasteiger partial charge in [-0.2, -0.15) is 5.10 Å². The Morgan fingerprint density at radius 3 is 2.81 bits per heavy atom. The van der Waals surface area contributed by atoms with Gasteiger partial charge < -0.3 is 5.32 Å². The number of hydrogen-bond acceptors (Lipinski definition) is 3. The largest absolute Gasteiger partial charge is 0.306 e. The first-order valence-electron chi connectivity index (χ1n) is 7.05. The maximum atomic E-state index is 13.2. The Balaban J connectivity index is 2.04. The second-order valence-corrected chi connectivity index (χ2v) is 4.94. The molecule has 2 aromatic heterocycles. The molecule has 0 aliphatic heterocycles. The third-order valence-corrected chi connectivity index (χ3v) is 3.47. The molecule has 0 fully saturated rings. The van der Waals surface area contributed by atoms with Crippen LogP contribution in [0.5, 0.6) is 0 Å². The van der Waals surface area contributed by atoms with Gasteiger partial charge in [-0.1, -0.05) is 19.1 Å². The smallest absolute Gasteiger partial charge is 0.123 e. The minimum Gasteiger partial charge on any atom is -0.306 e. The Hall–Kier alpha value is -2.27. The Morgan fingerprint density at radius 2 is 2.05 bits per heavy atom. The molecule has 0 aliphatic rings. The van der Waals surface area contributed by atoms with E-state index in [1.807, 2.05) is 24.5 Å². The summed E-state index contributed by atoms with van der Waals surface area (Å²) >= 11 is 0. The zero-order valence-corrected chi connectivity index (χ0v) is 11.8. The van der Waals surface area contributed by atoms with Crippen molar-refractivity contribution in [1.82, 2.24) is 19.9 Å². The molecule has 1 N–H and O–H groups in total. The van der Waals surface area contributed by atoms with Crippen LogP contribution >= 0.6 is 0 Å². The lowest BCUT2D eigenvalue weighted by molar-refractivity contribution is 0.595. The number of hydrogen-bond donors (Lipinski definition) is 1. The van der Waals surface area contributed by atoms with Gasteiger partial charge in [0.05, 0.1) is 24.0 Å². The van der Waals surface area contributed by atoms with E-state index in [0.717, 1.165) is 29.6 Å². The third kappa shape index (κ3) is 2.78. The maximum Gasteiger partial charge on any atom is 0.123 e. The fourth-order valence-corrected chi connectivity index (χ4v) is 2.43. The predicted molar refractivity (Wildman–Crippen MR) is 79.5 cm³/mol. The lowest BCUT2D eigenvalue weighted by atomic mass is 10.00. The average molecular weight is 284 g/mol. The van der Waals surface area contributed by atoms with Crippen molar-refractivity contribution < 1.29 is 4.39 Å². The van der Waals surface area contributed by atoms with Crippen LogP contribution in [0.2, 0.25) is 0 Å². The molecule has 1 atom stereocenters. The normalized spacial score (nSPS) is 12.7. The number of benzene rings is 1. The van der Waals surface area contributed by atoms with E-state index in [2.05, 4.69) is 22.3 Å². The molecular weight excluding hydrogens is 267 g/mol. The summed E-state index contributed by atoms with van der Waals surface area (Å²) in [5, 5.41) is 7.85. The number of rotatable bonds is 5. The van der Waals surface area contributed by atoms with Crippen molar-refractivity contribution in [2.45, 2.75) is 19.4 Å². The molecule has 21 heavy (non-hydrogen) atoms. The molecule has 1 aromatic carbocycles. The summed E-state index contributed by atoms with van der Waals surface area (Å²) in [6.45, 7) is 2.99. The zero-order chi connectivity index (χ0) is 14.7. The van der Waals surface area contributed by atoms with Crippen LogP contribution < -0.4 is 5.32 Å². The summed E-state index contributed by atoms with van der Waals surface area (Å²) in [6, 6.07) is 6.57. The second kappa shape index (κ2) is 6.01. The highest BCUT2D eigenvalue weighted by Gasteiger charge is 2.18. The fourth-order valence-electron chi connectivity index (χ4n) is 2.43. The highest BCUT2D eigenvalue weighted by molar-refractivity contribution is 5.55. The number of nitrogens with zero attached hydrogens (tertiary/aromatic N) is 3. The molecule has 0 aliphatic carbocycles. The first-order valence-corrected chi connectivity index (χ1v) is 7.05. The van der Waals surface area contributed by atoms with Crippen LogP contribution in [0.1, 0.15) is 30.5 Å². The molecule has 0 radical (unpaired) electrons. The van der Waals surface area contributed by atoms with Crippen molar-refractivity contribution >= 4 is 5.52 Å². The van der Waals surface area contributed by atoms with Gasteiger partial charge in [-0.25, -0.2) is 8.91 Å².